The van der Waals surface area contributed by atoms with E-state index in [9.17, 15) is 18.0 Å². The van der Waals surface area contributed by atoms with Crippen LogP contribution in [0.4, 0.5) is 18.9 Å². The number of hydrogen-bond donors (Lipinski definition) is 1. The first-order chi connectivity index (χ1) is 9.35. The minimum absolute atomic E-state index is 0.0682. The van der Waals surface area contributed by atoms with Gasteiger partial charge in [-0.15, -0.1) is 13.2 Å². The molecule has 0 radical (unpaired) electrons. The number of benzene rings is 1. The van der Waals surface area contributed by atoms with E-state index in [1.54, 1.807) is 0 Å². The quantitative estimate of drug-likeness (QED) is 0.683. The van der Waals surface area contributed by atoms with Crippen molar-refractivity contribution in [2.45, 2.75) is 19.2 Å². The molecule has 2 rings (SSSR count). The highest BCUT2D eigenvalue weighted by molar-refractivity contribution is 6.02. The summed E-state index contributed by atoms with van der Waals surface area (Å²) in [6.45, 7) is 1.81. The molecule has 2 N–H and O–H groups in total. The molecule has 20 heavy (non-hydrogen) atoms. The number of ether oxygens (including phenoxy) is 1. The Morgan fingerprint density at radius 2 is 1.95 bits per heavy atom. The monoisotopic (exact) mass is 288 g/mol. The van der Waals surface area contributed by atoms with Crippen molar-refractivity contribution in [1.29, 1.82) is 0 Å². The molecule has 7 heteroatoms. The summed E-state index contributed by atoms with van der Waals surface area (Å²) in [6, 6.07) is 3.38. The lowest BCUT2D eigenvalue weighted by Crippen LogP contribution is -2.27. The fraction of sp³-hybridized carbons (Fsp3) is 0.462. The van der Waals surface area contributed by atoms with E-state index in [1.807, 2.05) is 4.90 Å². The molecule has 1 saturated heterocycles. The van der Waals surface area contributed by atoms with Gasteiger partial charge in [-0.3, -0.25) is 9.69 Å². The lowest BCUT2D eigenvalue weighted by molar-refractivity contribution is -0.274. The highest BCUT2D eigenvalue weighted by atomic mass is 19.4. The number of rotatable bonds is 4. The summed E-state index contributed by atoms with van der Waals surface area (Å²) in [6.07, 6.45) is -2.73. The smallest absolute Gasteiger partial charge is 0.406 e. The molecule has 1 aromatic rings. The topological polar surface area (TPSA) is 55.6 Å². The SMILES string of the molecule is Nc1ccc(OC(F)(F)F)cc1C(=O)CN1CCCC1. The standard InChI is InChI=1S/C13H15F3N2O2/c14-13(15,16)20-9-3-4-11(17)10(7-9)12(19)8-18-5-1-2-6-18/h3-4,7H,1-2,5-6,8,17H2. The number of Topliss-reactive ketones (excluding diaryl/α,β-unsaturated/α-hetero) is 1. The first-order valence-electron chi connectivity index (χ1n) is 6.26. The maximum Gasteiger partial charge on any atom is 0.573 e. The van der Waals surface area contributed by atoms with Crippen molar-refractivity contribution in [1.82, 2.24) is 4.90 Å². The summed E-state index contributed by atoms with van der Waals surface area (Å²) in [5.74, 6) is -0.728. The number of likely N-dealkylation sites (tertiary alicyclic amines) is 1. The van der Waals surface area contributed by atoms with Crippen molar-refractivity contribution in [2.75, 3.05) is 25.4 Å². The van der Waals surface area contributed by atoms with E-state index in [0.29, 0.717) is 0 Å². The molecule has 1 heterocycles. The Kier molecular flexibility index (Phi) is 4.17. The van der Waals surface area contributed by atoms with Crippen LogP contribution in [0.3, 0.4) is 0 Å². The molecule has 0 aliphatic carbocycles. The third-order valence-corrected chi connectivity index (χ3v) is 3.12. The third-order valence-electron chi connectivity index (χ3n) is 3.12. The molecule has 0 atom stereocenters. The summed E-state index contributed by atoms with van der Waals surface area (Å²) >= 11 is 0. The van der Waals surface area contributed by atoms with Crippen molar-refractivity contribution < 1.29 is 22.7 Å². The number of nitrogens with two attached hydrogens (primary N) is 1. The van der Waals surface area contributed by atoms with Crippen LogP contribution in [0.5, 0.6) is 5.75 Å². The maximum atomic E-state index is 12.2. The van der Waals surface area contributed by atoms with Gasteiger partial charge < -0.3 is 10.5 Å². The molecule has 1 aromatic carbocycles. The summed E-state index contributed by atoms with van der Waals surface area (Å²) in [5, 5.41) is 0. The largest absolute Gasteiger partial charge is 0.573 e. The number of nitrogens with zero attached hydrogens (tertiary/aromatic N) is 1. The number of ketones is 1. The molecular weight excluding hydrogens is 273 g/mol. The van der Waals surface area contributed by atoms with Gasteiger partial charge in [-0.05, 0) is 44.1 Å². The van der Waals surface area contributed by atoms with Gasteiger partial charge in [-0.2, -0.15) is 0 Å². The third kappa shape index (κ3) is 3.86. The molecule has 0 saturated carbocycles. The highest BCUT2D eigenvalue weighted by Gasteiger charge is 2.31. The van der Waals surface area contributed by atoms with Crippen LogP contribution in [-0.2, 0) is 0 Å². The van der Waals surface area contributed by atoms with Crippen LogP contribution in [0.2, 0.25) is 0 Å². The molecule has 110 valence electrons. The maximum absolute atomic E-state index is 12.2. The number of anilines is 1. The van der Waals surface area contributed by atoms with Gasteiger partial charge in [0, 0.05) is 11.3 Å². The Morgan fingerprint density at radius 1 is 1.30 bits per heavy atom. The van der Waals surface area contributed by atoms with Crippen LogP contribution in [0.25, 0.3) is 0 Å². The predicted molar refractivity (Wildman–Crippen MR) is 67.5 cm³/mol. The number of carbonyl (C=O) groups excluding carboxylic acids is 1. The fourth-order valence-corrected chi connectivity index (χ4v) is 2.20. The van der Waals surface area contributed by atoms with Crippen LogP contribution in [0.1, 0.15) is 23.2 Å². The molecule has 4 nitrogen and oxygen atoms in total. The number of nitrogen functional groups attached to an aromatic ring is 1. The number of carbonyl (C=O) groups is 1. The molecule has 1 fully saturated rings. The average molecular weight is 288 g/mol. The second-order valence-corrected chi connectivity index (χ2v) is 4.70. The summed E-state index contributed by atoms with van der Waals surface area (Å²) in [5.41, 5.74) is 5.88. The first-order valence-corrected chi connectivity index (χ1v) is 6.26. The predicted octanol–water partition coefficient (Wildman–Crippen LogP) is 2.45. The van der Waals surface area contributed by atoms with Crippen LogP contribution in [-0.4, -0.2) is 36.7 Å². The van der Waals surface area contributed by atoms with Gasteiger partial charge in [0.2, 0.25) is 0 Å². The Balaban J connectivity index is 2.12. The number of hydrogen-bond acceptors (Lipinski definition) is 4. The van der Waals surface area contributed by atoms with Gasteiger partial charge in [-0.1, -0.05) is 0 Å². The molecule has 0 amide bonds. The van der Waals surface area contributed by atoms with Gasteiger partial charge >= 0.3 is 6.36 Å². The minimum Gasteiger partial charge on any atom is -0.406 e. The van der Waals surface area contributed by atoms with Gasteiger partial charge in [-0.25, -0.2) is 0 Å². The van der Waals surface area contributed by atoms with E-state index < -0.39 is 12.1 Å². The van der Waals surface area contributed by atoms with Gasteiger partial charge in [0.15, 0.2) is 5.78 Å². The summed E-state index contributed by atoms with van der Waals surface area (Å²) < 4.78 is 40.3. The Labute approximate surface area is 114 Å². The van der Waals surface area contributed by atoms with Crippen LogP contribution >= 0.6 is 0 Å². The van der Waals surface area contributed by atoms with Crippen molar-refractivity contribution in [3.05, 3.63) is 23.8 Å². The van der Waals surface area contributed by atoms with Crippen molar-refractivity contribution >= 4 is 11.5 Å². The second kappa shape index (κ2) is 5.70. The zero-order chi connectivity index (χ0) is 14.8. The Morgan fingerprint density at radius 3 is 2.55 bits per heavy atom. The van der Waals surface area contributed by atoms with Crippen molar-refractivity contribution in [3.63, 3.8) is 0 Å². The molecule has 0 aromatic heterocycles. The summed E-state index contributed by atoms with van der Waals surface area (Å²) in [4.78, 5) is 14.0. The zero-order valence-electron chi connectivity index (χ0n) is 10.7. The average Bonchev–Trinajstić information content (AvgIpc) is 2.82. The first kappa shape index (κ1) is 14.6. The van der Waals surface area contributed by atoms with Gasteiger partial charge in [0.25, 0.3) is 0 Å². The summed E-state index contributed by atoms with van der Waals surface area (Å²) in [7, 11) is 0. The molecule has 1 aliphatic heterocycles. The minimum atomic E-state index is -4.79. The number of alkyl halides is 3. The molecular formula is C13H15F3N2O2. The lowest BCUT2D eigenvalue weighted by Gasteiger charge is -2.15. The van der Waals surface area contributed by atoms with Crippen LogP contribution in [0.15, 0.2) is 18.2 Å². The highest BCUT2D eigenvalue weighted by Crippen LogP contribution is 2.26. The van der Waals surface area contributed by atoms with Crippen molar-refractivity contribution in [3.8, 4) is 5.75 Å². The molecule has 0 bridgehead atoms. The molecule has 0 unspecified atom stereocenters. The van der Waals surface area contributed by atoms with E-state index in [0.717, 1.165) is 38.1 Å². The van der Waals surface area contributed by atoms with Gasteiger partial charge in [0.05, 0.1) is 6.54 Å². The lowest BCUT2D eigenvalue weighted by atomic mass is 10.1. The normalized spacial score (nSPS) is 16.4. The van der Waals surface area contributed by atoms with Crippen LogP contribution in [0, 0.1) is 0 Å². The number of halogens is 3. The molecule has 0 spiro atoms. The molecule has 1 aliphatic rings. The fourth-order valence-electron chi connectivity index (χ4n) is 2.20. The van der Waals surface area contributed by atoms with E-state index in [-0.39, 0.29) is 23.6 Å². The Hall–Kier alpha value is -1.76. The second-order valence-electron chi connectivity index (χ2n) is 4.70. The zero-order valence-corrected chi connectivity index (χ0v) is 10.7. The van der Waals surface area contributed by atoms with E-state index in [4.69, 9.17) is 5.73 Å². The van der Waals surface area contributed by atoms with Gasteiger partial charge in [0.1, 0.15) is 5.75 Å². The van der Waals surface area contributed by atoms with Crippen molar-refractivity contribution in [2.24, 2.45) is 0 Å². The Bertz CT molecular complexity index is 497. The van der Waals surface area contributed by atoms with E-state index in [2.05, 4.69) is 4.74 Å². The van der Waals surface area contributed by atoms with Crippen LogP contribution < -0.4 is 10.5 Å². The van der Waals surface area contributed by atoms with E-state index >= 15 is 0 Å². The van der Waals surface area contributed by atoms with E-state index in [1.165, 1.54) is 6.07 Å².